The average molecular weight is 326 g/mol. The van der Waals surface area contributed by atoms with E-state index in [2.05, 4.69) is 9.62 Å². The van der Waals surface area contributed by atoms with Crippen molar-refractivity contribution in [2.24, 2.45) is 0 Å². The Balaban J connectivity index is 2.06. The zero-order valence-corrected chi connectivity index (χ0v) is 13.7. The summed E-state index contributed by atoms with van der Waals surface area (Å²) in [6.07, 6.45) is 0.607. The molecule has 1 fully saturated rings. The number of hydrogen-bond donors (Lipinski definition) is 1. The van der Waals surface area contributed by atoms with Gasteiger partial charge in [-0.25, -0.2) is 17.9 Å². The molecule has 1 aliphatic heterocycles. The second-order valence-corrected chi connectivity index (χ2v) is 7.38. The van der Waals surface area contributed by atoms with Gasteiger partial charge in [-0.2, -0.15) is 0 Å². The number of nitrogens with one attached hydrogen (secondary N) is 1. The normalized spacial score (nSPS) is 19.3. The summed E-state index contributed by atoms with van der Waals surface area (Å²) >= 11 is 0. The summed E-state index contributed by atoms with van der Waals surface area (Å²) in [7, 11) is -1.89. The number of carbonyl (C=O) groups is 1. The number of carbonyl (C=O) groups excluding carboxylic acids is 1. The van der Waals surface area contributed by atoms with Gasteiger partial charge in [-0.15, -0.1) is 0 Å². The van der Waals surface area contributed by atoms with E-state index in [-0.39, 0.29) is 5.97 Å². The number of benzene rings is 1. The second-order valence-electron chi connectivity index (χ2n) is 5.34. The zero-order chi connectivity index (χ0) is 16.2. The van der Waals surface area contributed by atoms with Crippen molar-refractivity contribution in [3.8, 4) is 0 Å². The lowest BCUT2D eigenvalue weighted by molar-refractivity contribution is 0.0598. The van der Waals surface area contributed by atoms with Gasteiger partial charge in [0.15, 0.2) is 0 Å². The van der Waals surface area contributed by atoms with Crippen LogP contribution in [0.2, 0.25) is 0 Å². The first-order chi connectivity index (χ1) is 10.5. The predicted octanol–water partition coefficient (Wildman–Crippen LogP) is 0.987. The molecule has 1 heterocycles. The Labute approximate surface area is 131 Å². The smallest absolute Gasteiger partial charge is 0.338 e. The van der Waals surface area contributed by atoms with Gasteiger partial charge in [0.25, 0.3) is 0 Å². The van der Waals surface area contributed by atoms with Crippen LogP contribution in [0.15, 0.2) is 24.3 Å². The quantitative estimate of drug-likeness (QED) is 0.789. The zero-order valence-electron chi connectivity index (χ0n) is 12.9. The van der Waals surface area contributed by atoms with Gasteiger partial charge in [-0.05, 0) is 24.6 Å². The van der Waals surface area contributed by atoms with Crippen LogP contribution in [0.3, 0.4) is 0 Å². The van der Waals surface area contributed by atoms with Crippen LogP contribution in [-0.2, 0) is 21.3 Å². The maximum absolute atomic E-state index is 12.0. The summed E-state index contributed by atoms with van der Waals surface area (Å²) in [5, 5.41) is -0.391. The van der Waals surface area contributed by atoms with Crippen LogP contribution in [-0.4, -0.2) is 51.3 Å². The van der Waals surface area contributed by atoms with Crippen LogP contribution in [0.1, 0.15) is 29.3 Å². The Hall–Kier alpha value is -1.44. The SMILES string of the molecule is CCNS(=O)(=O)C1CCN(Cc2ccccc2C(=O)OC)C1. The Kier molecular flexibility index (Phi) is 5.55. The molecule has 0 saturated carbocycles. The Morgan fingerprint density at radius 1 is 1.41 bits per heavy atom. The van der Waals surface area contributed by atoms with E-state index < -0.39 is 15.3 Å². The van der Waals surface area contributed by atoms with E-state index in [1.807, 2.05) is 12.1 Å². The highest BCUT2D eigenvalue weighted by Gasteiger charge is 2.32. The molecule has 1 atom stereocenters. The van der Waals surface area contributed by atoms with Crippen molar-refractivity contribution < 1.29 is 17.9 Å². The highest BCUT2D eigenvalue weighted by atomic mass is 32.2. The molecule has 2 rings (SSSR count). The molecular formula is C15H22N2O4S. The summed E-state index contributed by atoms with van der Waals surface area (Å²) < 4.78 is 31.4. The van der Waals surface area contributed by atoms with E-state index in [4.69, 9.17) is 4.74 Å². The molecule has 1 unspecified atom stereocenters. The summed E-state index contributed by atoms with van der Waals surface area (Å²) in [6.45, 7) is 3.90. The van der Waals surface area contributed by atoms with Crippen LogP contribution in [0.5, 0.6) is 0 Å². The summed E-state index contributed by atoms with van der Waals surface area (Å²) in [5.41, 5.74) is 1.39. The lowest BCUT2D eigenvalue weighted by Crippen LogP contribution is -2.36. The van der Waals surface area contributed by atoms with Crippen molar-refractivity contribution in [1.29, 1.82) is 0 Å². The van der Waals surface area contributed by atoms with Gasteiger partial charge in [-0.1, -0.05) is 25.1 Å². The van der Waals surface area contributed by atoms with Gasteiger partial charge in [-0.3, -0.25) is 4.90 Å². The van der Waals surface area contributed by atoms with Gasteiger partial charge in [0.1, 0.15) is 0 Å². The van der Waals surface area contributed by atoms with Crippen molar-refractivity contribution in [1.82, 2.24) is 9.62 Å². The molecule has 1 saturated heterocycles. The molecule has 122 valence electrons. The minimum Gasteiger partial charge on any atom is -0.465 e. The van der Waals surface area contributed by atoms with E-state index in [0.717, 1.165) is 5.56 Å². The van der Waals surface area contributed by atoms with Crippen LogP contribution in [0.25, 0.3) is 0 Å². The first-order valence-electron chi connectivity index (χ1n) is 7.35. The molecule has 22 heavy (non-hydrogen) atoms. The fourth-order valence-corrected chi connectivity index (χ4v) is 4.18. The van der Waals surface area contributed by atoms with E-state index in [9.17, 15) is 13.2 Å². The minimum atomic E-state index is -3.25. The van der Waals surface area contributed by atoms with Gasteiger partial charge < -0.3 is 4.74 Å². The van der Waals surface area contributed by atoms with E-state index in [0.29, 0.717) is 38.2 Å². The van der Waals surface area contributed by atoms with Gasteiger partial charge in [0.05, 0.1) is 17.9 Å². The third-order valence-electron chi connectivity index (χ3n) is 3.83. The Bertz CT molecular complexity index is 630. The number of esters is 1. The molecule has 0 aliphatic carbocycles. The third-order valence-corrected chi connectivity index (χ3v) is 5.78. The second kappa shape index (κ2) is 7.21. The molecule has 0 aromatic heterocycles. The van der Waals surface area contributed by atoms with E-state index in [1.165, 1.54) is 7.11 Å². The average Bonchev–Trinajstić information content (AvgIpc) is 2.96. The van der Waals surface area contributed by atoms with E-state index >= 15 is 0 Å². The fraction of sp³-hybridized carbons (Fsp3) is 0.533. The van der Waals surface area contributed by atoms with Crippen molar-refractivity contribution >= 4 is 16.0 Å². The van der Waals surface area contributed by atoms with Crippen LogP contribution >= 0.6 is 0 Å². The Morgan fingerprint density at radius 3 is 2.82 bits per heavy atom. The topological polar surface area (TPSA) is 75.7 Å². The van der Waals surface area contributed by atoms with Gasteiger partial charge in [0, 0.05) is 19.6 Å². The van der Waals surface area contributed by atoms with Crippen molar-refractivity contribution in [2.75, 3.05) is 26.7 Å². The number of methoxy groups -OCH3 is 1. The molecule has 7 heteroatoms. The summed E-state index contributed by atoms with van der Waals surface area (Å²) in [5.74, 6) is -0.369. The molecule has 1 aliphatic rings. The third kappa shape index (κ3) is 3.85. The summed E-state index contributed by atoms with van der Waals surface area (Å²) in [4.78, 5) is 13.8. The first-order valence-corrected chi connectivity index (χ1v) is 8.89. The largest absolute Gasteiger partial charge is 0.465 e. The predicted molar refractivity (Wildman–Crippen MR) is 84.1 cm³/mol. The highest BCUT2D eigenvalue weighted by molar-refractivity contribution is 7.90. The number of sulfonamides is 1. The Morgan fingerprint density at radius 2 is 2.14 bits per heavy atom. The number of hydrogen-bond acceptors (Lipinski definition) is 5. The molecule has 0 spiro atoms. The molecule has 0 amide bonds. The summed E-state index contributed by atoms with van der Waals surface area (Å²) in [6, 6.07) is 7.26. The fourth-order valence-electron chi connectivity index (χ4n) is 2.72. The van der Waals surface area contributed by atoms with Crippen LogP contribution in [0.4, 0.5) is 0 Å². The molecule has 1 aromatic rings. The highest BCUT2D eigenvalue weighted by Crippen LogP contribution is 2.20. The van der Waals surface area contributed by atoms with Crippen molar-refractivity contribution in [2.45, 2.75) is 25.1 Å². The lowest BCUT2D eigenvalue weighted by Gasteiger charge is -2.18. The molecule has 6 nitrogen and oxygen atoms in total. The number of nitrogens with zero attached hydrogens (tertiary/aromatic N) is 1. The molecular weight excluding hydrogens is 304 g/mol. The standard InChI is InChI=1S/C15H22N2O4S/c1-3-16-22(19,20)13-8-9-17(11-13)10-12-6-4-5-7-14(12)15(18)21-2/h4-7,13,16H,3,8-11H2,1-2H3. The maximum Gasteiger partial charge on any atom is 0.338 e. The van der Waals surface area contributed by atoms with Crippen LogP contribution < -0.4 is 4.72 Å². The number of rotatable bonds is 6. The molecule has 1 N–H and O–H groups in total. The van der Waals surface area contributed by atoms with E-state index in [1.54, 1.807) is 19.1 Å². The van der Waals surface area contributed by atoms with Crippen molar-refractivity contribution in [3.05, 3.63) is 35.4 Å². The van der Waals surface area contributed by atoms with Crippen molar-refractivity contribution in [3.63, 3.8) is 0 Å². The maximum atomic E-state index is 12.0. The first kappa shape index (κ1) is 16.9. The minimum absolute atomic E-state index is 0.369. The molecule has 1 aromatic carbocycles. The number of likely N-dealkylation sites (tertiary alicyclic amines) is 1. The van der Waals surface area contributed by atoms with Crippen LogP contribution in [0, 0.1) is 0 Å². The van der Waals surface area contributed by atoms with Gasteiger partial charge >= 0.3 is 5.97 Å². The molecule has 0 radical (unpaired) electrons. The monoisotopic (exact) mass is 326 g/mol. The number of ether oxygens (including phenoxy) is 1. The lowest BCUT2D eigenvalue weighted by atomic mass is 10.1. The van der Waals surface area contributed by atoms with Gasteiger partial charge in [0.2, 0.25) is 10.0 Å². The molecule has 0 bridgehead atoms.